The average Bonchev–Trinajstić information content (AvgIpc) is 2.10. The van der Waals surface area contributed by atoms with E-state index in [2.05, 4.69) is 9.24 Å². The third kappa shape index (κ3) is 1.32. The van der Waals surface area contributed by atoms with E-state index >= 15 is 0 Å². The van der Waals surface area contributed by atoms with E-state index in [9.17, 15) is 0 Å². The van der Waals surface area contributed by atoms with E-state index in [0.29, 0.717) is 0 Å². The molecule has 0 amide bonds. The van der Waals surface area contributed by atoms with Crippen LogP contribution in [-0.4, -0.2) is 5.11 Å². The van der Waals surface area contributed by atoms with Gasteiger partial charge in [0.15, 0.2) is 0 Å². The van der Waals surface area contributed by atoms with Gasteiger partial charge in [-0.3, -0.25) is 0 Å². The molecule has 0 radical (unpaired) electrons. The number of aliphatic hydroxyl groups excluding tert-OH is 1. The van der Waals surface area contributed by atoms with Crippen molar-refractivity contribution >= 4 is 14.7 Å². The molecule has 0 aromatic carbocycles. The molecule has 0 fully saturated rings. The minimum absolute atomic E-state index is 0.0593. The van der Waals surface area contributed by atoms with Crippen molar-refractivity contribution in [3.8, 4) is 0 Å². The molecule has 9 heavy (non-hydrogen) atoms. The summed E-state index contributed by atoms with van der Waals surface area (Å²) >= 11 is 0. The van der Waals surface area contributed by atoms with Crippen molar-refractivity contribution in [1.29, 1.82) is 0 Å². The van der Waals surface area contributed by atoms with Crippen LogP contribution in [0.25, 0.3) is 0 Å². The SMILES string of the molecule is Cc1oc(P)cc1CO. The van der Waals surface area contributed by atoms with Gasteiger partial charge in [-0.25, -0.2) is 0 Å². The second-order valence-corrected chi connectivity index (χ2v) is 2.46. The molecule has 50 valence electrons. The average molecular weight is 144 g/mol. The summed E-state index contributed by atoms with van der Waals surface area (Å²) in [5, 5.41) is 8.66. The molecule has 3 heteroatoms. The van der Waals surface area contributed by atoms with Gasteiger partial charge in [0.1, 0.15) is 11.3 Å². The van der Waals surface area contributed by atoms with Gasteiger partial charge in [-0.2, -0.15) is 0 Å². The number of rotatable bonds is 1. The lowest BCUT2D eigenvalue weighted by molar-refractivity contribution is 0.279. The smallest absolute Gasteiger partial charge is 0.120 e. The van der Waals surface area contributed by atoms with Gasteiger partial charge in [0.2, 0.25) is 0 Å². The summed E-state index contributed by atoms with van der Waals surface area (Å²) in [6, 6.07) is 1.81. The molecule has 1 unspecified atom stereocenters. The number of aliphatic hydroxyl groups is 1. The first kappa shape index (κ1) is 6.79. The van der Waals surface area contributed by atoms with Crippen LogP contribution in [0.15, 0.2) is 10.5 Å². The Morgan fingerprint density at radius 2 is 2.44 bits per heavy atom. The van der Waals surface area contributed by atoms with Gasteiger partial charge >= 0.3 is 0 Å². The highest BCUT2D eigenvalue weighted by molar-refractivity contribution is 7.26. The summed E-state index contributed by atoms with van der Waals surface area (Å²) in [7, 11) is 2.44. The molecule has 0 saturated carbocycles. The van der Waals surface area contributed by atoms with E-state index in [1.165, 1.54) is 0 Å². The third-order valence-electron chi connectivity index (χ3n) is 1.21. The predicted octanol–water partition coefficient (Wildman–Crippen LogP) is 0.581. The molecule has 1 aromatic rings. The molecular formula is C6H9O2P. The molecule has 1 atom stereocenters. The van der Waals surface area contributed by atoms with Crippen molar-refractivity contribution in [3.63, 3.8) is 0 Å². The second-order valence-electron chi connectivity index (χ2n) is 1.89. The molecule has 0 aliphatic rings. The summed E-state index contributed by atoms with van der Waals surface area (Å²) < 4.78 is 5.11. The van der Waals surface area contributed by atoms with E-state index < -0.39 is 0 Å². The molecular weight excluding hydrogens is 135 g/mol. The van der Waals surface area contributed by atoms with Crippen molar-refractivity contribution in [3.05, 3.63) is 17.4 Å². The molecule has 1 rings (SSSR count). The highest BCUT2D eigenvalue weighted by Crippen LogP contribution is 2.08. The Morgan fingerprint density at radius 3 is 2.67 bits per heavy atom. The van der Waals surface area contributed by atoms with Gasteiger partial charge in [0.25, 0.3) is 0 Å². The van der Waals surface area contributed by atoms with Crippen LogP contribution in [-0.2, 0) is 6.61 Å². The van der Waals surface area contributed by atoms with E-state index in [4.69, 9.17) is 9.52 Å². The van der Waals surface area contributed by atoms with Crippen molar-refractivity contribution in [1.82, 2.24) is 0 Å². The van der Waals surface area contributed by atoms with Gasteiger partial charge in [-0.05, 0) is 13.0 Å². The van der Waals surface area contributed by atoms with Crippen molar-refractivity contribution < 1.29 is 9.52 Å². The largest absolute Gasteiger partial charge is 0.462 e. The fraction of sp³-hybridized carbons (Fsp3) is 0.333. The molecule has 1 heterocycles. The molecule has 1 aromatic heterocycles. The zero-order valence-corrected chi connectivity index (χ0v) is 6.37. The topological polar surface area (TPSA) is 33.4 Å². The maximum absolute atomic E-state index is 8.66. The first-order chi connectivity index (χ1) is 4.24. The zero-order chi connectivity index (χ0) is 6.85. The fourth-order valence-electron chi connectivity index (χ4n) is 0.702. The Kier molecular flexibility index (Phi) is 1.89. The van der Waals surface area contributed by atoms with Crippen molar-refractivity contribution in [2.45, 2.75) is 13.5 Å². The van der Waals surface area contributed by atoms with Crippen LogP contribution in [0.5, 0.6) is 0 Å². The summed E-state index contributed by atoms with van der Waals surface area (Å²) in [6.45, 7) is 1.89. The monoisotopic (exact) mass is 144 g/mol. The summed E-state index contributed by atoms with van der Waals surface area (Å²) in [5.41, 5.74) is 1.64. The van der Waals surface area contributed by atoms with Gasteiger partial charge in [-0.15, -0.1) is 0 Å². The number of aryl methyl sites for hydroxylation is 1. The number of hydrogen-bond donors (Lipinski definition) is 1. The normalized spacial score (nSPS) is 10.1. The molecule has 1 N–H and O–H groups in total. The standard InChI is InChI=1S/C6H9O2P/c1-4-5(3-7)2-6(9)8-4/h2,7H,3,9H2,1H3. The van der Waals surface area contributed by atoms with E-state index in [1.54, 1.807) is 6.07 Å². The van der Waals surface area contributed by atoms with E-state index in [-0.39, 0.29) is 6.61 Å². The molecule has 0 bridgehead atoms. The first-order valence-corrected chi connectivity index (χ1v) is 3.27. The minimum atomic E-state index is 0.0593. The fourth-order valence-corrected chi connectivity index (χ4v) is 1.08. The Balaban J connectivity index is 3.01. The van der Waals surface area contributed by atoms with Crippen LogP contribution in [0.3, 0.4) is 0 Å². The van der Waals surface area contributed by atoms with E-state index in [1.807, 2.05) is 6.92 Å². The molecule has 0 saturated heterocycles. The lowest BCUT2D eigenvalue weighted by Crippen LogP contribution is -1.80. The van der Waals surface area contributed by atoms with Crippen molar-refractivity contribution in [2.24, 2.45) is 0 Å². The zero-order valence-electron chi connectivity index (χ0n) is 5.22. The highest BCUT2D eigenvalue weighted by atomic mass is 31.0. The van der Waals surface area contributed by atoms with Gasteiger partial charge in [-0.1, -0.05) is 9.24 Å². The Hall–Kier alpha value is -0.330. The van der Waals surface area contributed by atoms with Crippen LogP contribution in [0.2, 0.25) is 0 Å². The Morgan fingerprint density at radius 1 is 1.78 bits per heavy atom. The lowest BCUT2D eigenvalue weighted by atomic mass is 10.3. The Labute approximate surface area is 56.1 Å². The van der Waals surface area contributed by atoms with Crippen LogP contribution < -0.4 is 5.50 Å². The van der Waals surface area contributed by atoms with Gasteiger partial charge < -0.3 is 9.52 Å². The van der Waals surface area contributed by atoms with Crippen molar-refractivity contribution in [2.75, 3.05) is 0 Å². The Bertz CT molecular complexity index is 205. The van der Waals surface area contributed by atoms with Gasteiger partial charge in [0.05, 0.1) is 6.61 Å². The van der Waals surface area contributed by atoms with Crippen LogP contribution in [0, 0.1) is 6.92 Å². The minimum Gasteiger partial charge on any atom is -0.462 e. The molecule has 0 aliphatic heterocycles. The number of hydrogen-bond acceptors (Lipinski definition) is 2. The molecule has 2 nitrogen and oxygen atoms in total. The van der Waals surface area contributed by atoms with E-state index in [0.717, 1.165) is 16.8 Å². The first-order valence-electron chi connectivity index (χ1n) is 2.69. The predicted molar refractivity (Wildman–Crippen MR) is 38.7 cm³/mol. The van der Waals surface area contributed by atoms with Gasteiger partial charge in [0, 0.05) is 5.56 Å². The summed E-state index contributed by atoms with van der Waals surface area (Å²) in [6.07, 6.45) is 0. The quantitative estimate of drug-likeness (QED) is 0.585. The lowest BCUT2D eigenvalue weighted by Gasteiger charge is -1.86. The maximum atomic E-state index is 8.66. The molecule has 0 aliphatic carbocycles. The van der Waals surface area contributed by atoms with Crippen LogP contribution in [0.4, 0.5) is 0 Å². The third-order valence-corrected chi connectivity index (χ3v) is 1.49. The second kappa shape index (κ2) is 2.51. The van der Waals surface area contributed by atoms with Crippen LogP contribution in [0.1, 0.15) is 11.3 Å². The summed E-state index contributed by atoms with van der Waals surface area (Å²) in [4.78, 5) is 0. The van der Waals surface area contributed by atoms with Crippen LogP contribution >= 0.6 is 9.24 Å². The maximum Gasteiger partial charge on any atom is 0.120 e. The highest BCUT2D eigenvalue weighted by Gasteiger charge is 2.00. The summed E-state index contributed by atoms with van der Waals surface area (Å²) in [5.74, 6) is 0.794. The molecule has 0 spiro atoms. The number of furan rings is 1.